The summed E-state index contributed by atoms with van der Waals surface area (Å²) in [6.07, 6.45) is 14.1. The zero-order valence-corrected chi connectivity index (χ0v) is 35.0. The molecule has 0 aliphatic carbocycles. The molecule has 0 heterocycles. The van der Waals surface area contributed by atoms with Crippen molar-refractivity contribution in [1.82, 2.24) is 0 Å². The molecule has 0 nitrogen and oxygen atoms in total. The molecule has 0 bridgehead atoms. The Morgan fingerprint density at radius 3 is 1.35 bits per heavy atom. The van der Waals surface area contributed by atoms with Gasteiger partial charge in [-0.15, -0.1) is 80.7 Å². The molecule has 0 saturated carbocycles. The monoisotopic (exact) mass is 824 g/mol. The zero-order valence-electron chi connectivity index (χ0n) is 28.1. The first kappa shape index (κ1) is 43.0. The number of hydrogen-bond donors (Lipinski definition) is 0. The molecule has 0 saturated heterocycles. The van der Waals surface area contributed by atoms with Crippen LogP contribution in [0.1, 0.15) is 107 Å². The quantitative estimate of drug-likeness (QED) is 0.0703. The van der Waals surface area contributed by atoms with Crippen LogP contribution < -0.4 is 35.4 Å². The summed E-state index contributed by atoms with van der Waals surface area (Å²) < 4.78 is 0. The van der Waals surface area contributed by atoms with Crippen molar-refractivity contribution in [2.45, 2.75) is 117 Å². The van der Waals surface area contributed by atoms with E-state index in [2.05, 4.69) is 128 Å². The van der Waals surface area contributed by atoms with Gasteiger partial charge in [0.1, 0.15) is 0 Å². The van der Waals surface area contributed by atoms with Crippen LogP contribution in [-0.4, -0.2) is 22.6 Å². The van der Waals surface area contributed by atoms with Crippen LogP contribution in [0, 0.1) is 0 Å². The van der Waals surface area contributed by atoms with Crippen molar-refractivity contribution in [1.29, 1.82) is 0 Å². The van der Waals surface area contributed by atoms with Gasteiger partial charge in [-0.1, -0.05) is 122 Å². The predicted molar refractivity (Wildman–Crippen MR) is 190 cm³/mol. The van der Waals surface area contributed by atoms with Gasteiger partial charge in [0.05, 0.1) is 0 Å². The summed E-state index contributed by atoms with van der Waals surface area (Å²) in [5.74, 6) is 0. The molecule has 0 spiro atoms. The fourth-order valence-electron chi connectivity index (χ4n) is 6.19. The van der Waals surface area contributed by atoms with E-state index in [0.29, 0.717) is 10.3 Å². The van der Waals surface area contributed by atoms with Gasteiger partial charge >= 0.3 is 25.8 Å². The van der Waals surface area contributed by atoms with Crippen LogP contribution >= 0.6 is 15.8 Å². The fourth-order valence-corrected chi connectivity index (χ4v) is 12.9. The van der Waals surface area contributed by atoms with Crippen molar-refractivity contribution < 1.29 is 50.7 Å². The van der Waals surface area contributed by atoms with Gasteiger partial charge in [-0.25, -0.2) is 0 Å². The van der Waals surface area contributed by atoms with Gasteiger partial charge < -0.3 is 24.8 Å². The van der Waals surface area contributed by atoms with E-state index in [1.807, 2.05) is 0 Å². The van der Waals surface area contributed by atoms with E-state index < -0.39 is 0 Å². The minimum Gasteiger partial charge on any atom is -1.00 e. The number of benzene rings is 2. The van der Waals surface area contributed by atoms with Crippen molar-refractivity contribution in [3.63, 3.8) is 0 Å². The maximum atomic E-state index is 2.47. The Kier molecular flexibility index (Phi) is 20.9. The van der Waals surface area contributed by atoms with E-state index in [4.69, 9.17) is 0 Å². The molecule has 0 fully saturated rings. The molecule has 0 atom stereocenters. The molecule has 4 aromatic rings. The first-order valence-electron chi connectivity index (χ1n) is 15.9. The average molecular weight is 824 g/mol. The van der Waals surface area contributed by atoms with Crippen LogP contribution in [0.25, 0.3) is 21.5 Å². The third kappa shape index (κ3) is 13.7. The maximum Gasteiger partial charge on any atom is 4.00 e. The van der Waals surface area contributed by atoms with Crippen LogP contribution in [0.3, 0.4) is 0 Å². The van der Waals surface area contributed by atoms with Gasteiger partial charge in [0.2, 0.25) is 0 Å². The second-order valence-electron chi connectivity index (χ2n) is 13.5. The standard InChI is InChI=1S/C21H32P.C17H24P.2ClH.Hf/c1-3-5-7-11-15-22(16-12-8-6-4-2)21-17-19-13-9-10-14-20(19)18-21;1-16(2,3)18(17(4,5)6)15-11-13-9-7-8-10-14(13)12-15;;;/h9-10,13-14,17-18H,3-8,11-12,15-16H2,1-2H3;7-12H,1-6H3;2*1H;/q2*-1;;;+4/p-2. The second kappa shape index (κ2) is 21.0. The van der Waals surface area contributed by atoms with Gasteiger partial charge in [-0.05, 0) is 35.5 Å². The molecule has 0 aliphatic rings. The molecule has 4 aromatic carbocycles. The third-order valence-corrected chi connectivity index (χ3v) is 13.9. The molecule has 5 heteroatoms. The zero-order chi connectivity index (χ0) is 29.2. The molecule has 0 N–H and O–H groups in total. The summed E-state index contributed by atoms with van der Waals surface area (Å²) in [7, 11) is -0.120. The van der Waals surface area contributed by atoms with Gasteiger partial charge in [0.25, 0.3) is 0 Å². The summed E-state index contributed by atoms with van der Waals surface area (Å²) in [6.45, 7) is 18.9. The minimum absolute atomic E-state index is 0. The molecule has 0 aromatic heterocycles. The van der Waals surface area contributed by atoms with E-state index in [-0.39, 0.29) is 66.5 Å². The van der Waals surface area contributed by atoms with Crippen LogP contribution in [0.4, 0.5) is 0 Å². The number of rotatable bonds is 12. The summed E-state index contributed by atoms with van der Waals surface area (Å²) in [6, 6.07) is 27.3. The Morgan fingerprint density at radius 2 is 0.953 bits per heavy atom. The minimum atomic E-state index is -0.185. The van der Waals surface area contributed by atoms with Crippen LogP contribution in [0.2, 0.25) is 0 Å². The first-order chi connectivity index (χ1) is 19.0. The molecule has 0 unspecified atom stereocenters. The summed E-state index contributed by atoms with van der Waals surface area (Å²) >= 11 is 0. The normalized spacial score (nSPS) is 11.6. The van der Waals surface area contributed by atoms with E-state index in [9.17, 15) is 0 Å². The summed E-state index contributed by atoms with van der Waals surface area (Å²) in [4.78, 5) is 0. The molecule has 0 radical (unpaired) electrons. The van der Waals surface area contributed by atoms with Crippen molar-refractivity contribution in [2.24, 2.45) is 0 Å². The molecular formula is C38H56Cl2HfP2. The second-order valence-corrected chi connectivity index (χ2v) is 19.8. The molecule has 236 valence electrons. The molecule has 4 rings (SSSR count). The van der Waals surface area contributed by atoms with Crippen molar-refractivity contribution in [3.05, 3.63) is 72.8 Å². The SMILES string of the molecule is CC(C)(C)P(c1cc2ccccc2[cH-]1)C(C)(C)C.CCCCCCP(CCCCCC)c1cc2ccccc2[cH-]1.[Cl-].[Cl-].[Hf+4]. The summed E-state index contributed by atoms with van der Waals surface area (Å²) in [5, 5.41) is 9.53. The largest absolute Gasteiger partial charge is 4.00 e. The number of hydrogen-bond acceptors (Lipinski definition) is 0. The smallest absolute Gasteiger partial charge is 1.00 e. The van der Waals surface area contributed by atoms with Gasteiger partial charge in [-0.2, -0.15) is 12.1 Å². The Morgan fingerprint density at radius 1 is 0.558 bits per heavy atom. The molecule has 0 aliphatic heterocycles. The van der Waals surface area contributed by atoms with Gasteiger partial charge in [0, 0.05) is 0 Å². The fraction of sp³-hybridized carbons (Fsp3) is 0.526. The van der Waals surface area contributed by atoms with Crippen LogP contribution in [0.5, 0.6) is 0 Å². The van der Waals surface area contributed by atoms with Crippen LogP contribution in [-0.2, 0) is 25.8 Å². The van der Waals surface area contributed by atoms with Crippen molar-refractivity contribution >= 4 is 48.0 Å². The topological polar surface area (TPSA) is 0 Å². The summed E-state index contributed by atoms with van der Waals surface area (Å²) in [5.41, 5.74) is 0. The van der Waals surface area contributed by atoms with E-state index in [1.165, 1.54) is 85.2 Å². The molecular weight excluding hydrogens is 768 g/mol. The molecule has 43 heavy (non-hydrogen) atoms. The van der Waals surface area contributed by atoms with Crippen molar-refractivity contribution in [2.75, 3.05) is 12.3 Å². The number of halogens is 2. The third-order valence-electron chi connectivity index (χ3n) is 7.73. The first-order valence-corrected chi connectivity index (χ1v) is 19.0. The molecule has 0 amide bonds. The Bertz CT molecular complexity index is 1190. The number of fused-ring (bicyclic) bond motifs is 2. The van der Waals surface area contributed by atoms with Gasteiger partial charge in [-0.3, -0.25) is 0 Å². The average Bonchev–Trinajstić information content (AvgIpc) is 3.50. The maximum absolute atomic E-state index is 2.47. The Labute approximate surface area is 298 Å². The van der Waals surface area contributed by atoms with E-state index >= 15 is 0 Å². The predicted octanol–water partition coefficient (Wildman–Crippen LogP) is 6.09. The van der Waals surface area contributed by atoms with Crippen molar-refractivity contribution in [3.8, 4) is 0 Å². The Balaban J connectivity index is 0.000000779. The number of unbranched alkanes of at least 4 members (excludes halogenated alkanes) is 6. The Hall–Kier alpha value is -0.0299. The van der Waals surface area contributed by atoms with E-state index in [1.54, 1.807) is 10.6 Å². The van der Waals surface area contributed by atoms with Gasteiger partial charge in [0.15, 0.2) is 0 Å². The van der Waals surface area contributed by atoms with E-state index in [0.717, 1.165) is 0 Å². The van der Waals surface area contributed by atoms with Crippen LogP contribution in [0.15, 0.2) is 72.8 Å².